The van der Waals surface area contributed by atoms with E-state index in [4.69, 9.17) is 5.11 Å². The molecule has 1 unspecified atom stereocenters. The minimum Gasteiger partial charge on any atom is -0.382 e. The van der Waals surface area contributed by atoms with E-state index in [2.05, 4.69) is 10.2 Å². The van der Waals surface area contributed by atoms with Crippen molar-refractivity contribution in [3.05, 3.63) is 0 Å². The molecule has 1 rings (SSSR count). The minimum absolute atomic E-state index is 0.0503. The summed E-state index contributed by atoms with van der Waals surface area (Å²) in [7, 11) is 3.90. The SMILES string of the molecule is CN(C)C1(CNCC(O)C(F)(F)F)CCCC1. The third-order valence-corrected chi connectivity index (χ3v) is 3.65. The molecule has 102 valence electrons. The highest BCUT2D eigenvalue weighted by Crippen LogP contribution is 2.33. The molecule has 1 fully saturated rings. The Hall–Kier alpha value is -0.330. The number of hydrogen-bond acceptors (Lipinski definition) is 3. The van der Waals surface area contributed by atoms with Crippen molar-refractivity contribution in [1.82, 2.24) is 10.2 Å². The summed E-state index contributed by atoms with van der Waals surface area (Å²) in [6.45, 7) is 0.0617. The first-order valence-electron chi connectivity index (χ1n) is 5.91. The Kier molecular flexibility index (Phi) is 4.80. The Morgan fingerprint density at radius 1 is 1.29 bits per heavy atom. The van der Waals surface area contributed by atoms with Crippen LogP contribution in [0.1, 0.15) is 25.7 Å². The average Bonchev–Trinajstić information content (AvgIpc) is 2.66. The number of halogens is 3. The van der Waals surface area contributed by atoms with Crippen molar-refractivity contribution in [2.75, 3.05) is 27.2 Å². The first-order valence-corrected chi connectivity index (χ1v) is 5.91. The van der Waals surface area contributed by atoms with Gasteiger partial charge in [0.2, 0.25) is 0 Å². The molecule has 0 amide bonds. The van der Waals surface area contributed by atoms with Gasteiger partial charge >= 0.3 is 6.18 Å². The molecule has 1 atom stereocenters. The fourth-order valence-corrected chi connectivity index (χ4v) is 2.37. The van der Waals surface area contributed by atoms with Crippen LogP contribution in [0, 0.1) is 0 Å². The van der Waals surface area contributed by atoms with Crippen LogP contribution in [0.5, 0.6) is 0 Å². The van der Waals surface area contributed by atoms with Gasteiger partial charge in [0.1, 0.15) is 0 Å². The van der Waals surface area contributed by atoms with Gasteiger partial charge in [-0.15, -0.1) is 0 Å². The maximum absolute atomic E-state index is 12.1. The molecule has 1 aliphatic rings. The lowest BCUT2D eigenvalue weighted by Crippen LogP contribution is -2.51. The first kappa shape index (κ1) is 14.7. The zero-order chi connectivity index (χ0) is 13.1. The van der Waals surface area contributed by atoms with Crippen molar-refractivity contribution >= 4 is 0 Å². The van der Waals surface area contributed by atoms with E-state index in [1.807, 2.05) is 14.1 Å². The maximum atomic E-state index is 12.1. The van der Waals surface area contributed by atoms with Gasteiger partial charge in [-0.2, -0.15) is 13.2 Å². The Morgan fingerprint density at radius 2 is 1.82 bits per heavy atom. The van der Waals surface area contributed by atoms with Gasteiger partial charge in [-0.05, 0) is 26.9 Å². The van der Waals surface area contributed by atoms with E-state index in [1.54, 1.807) is 0 Å². The maximum Gasteiger partial charge on any atom is 0.415 e. The number of aliphatic hydroxyl groups excluding tert-OH is 1. The Balaban J connectivity index is 2.39. The van der Waals surface area contributed by atoms with Gasteiger partial charge in [0.05, 0.1) is 0 Å². The Labute approximate surface area is 100.0 Å². The predicted octanol–water partition coefficient (Wildman–Crippen LogP) is 1.37. The van der Waals surface area contributed by atoms with Crippen LogP contribution >= 0.6 is 0 Å². The van der Waals surface area contributed by atoms with Crippen LogP contribution in [-0.2, 0) is 0 Å². The molecule has 3 nitrogen and oxygen atoms in total. The molecule has 0 aliphatic heterocycles. The molecule has 2 N–H and O–H groups in total. The van der Waals surface area contributed by atoms with Crippen LogP contribution < -0.4 is 5.32 Å². The van der Waals surface area contributed by atoms with Crippen molar-refractivity contribution in [3.63, 3.8) is 0 Å². The number of hydrogen-bond donors (Lipinski definition) is 2. The molecular weight excluding hydrogens is 233 g/mol. The van der Waals surface area contributed by atoms with Gasteiger partial charge in [-0.1, -0.05) is 12.8 Å². The third kappa shape index (κ3) is 3.82. The quantitative estimate of drug-likeness (QED) is 0.778. The van der Waals surface area contributed by atoms with Gasteiger partial charge in [-0.25, -0.2) is 0 Å². The normalized spacial score (nSPS) is 22.1. The summed E-state index contributed by atoms with van der Waals surface area (Å²) < 4.78 is 36.3. The fourth-order valence-electron chi connectivity index (χ4n) is 2.37. The van der Waals surface area contributed by atoms with Crippen molar-refractivity contribution in [1.29, 1.82) is 0 Å². The molecule has 0 spiro atoms. The Bertz CT molecular complexity index is 237. The van der Waals surface area contributed by atoms with Crippen molar-refractivity contribution < 1.29 is 18.3 Å². The summed E-state index contributed by atoms with van der Waals surface area (Å²) in [6, 6.07) is 0. The van der Waals surface area contributed by atoms with Crippen molar-refractivity contribution in [2.24, 2.45) is 0 Å². The summed E-state index contributed by atoms with van der Waals surface area (Å²) in [5, 5.41) is 11.6. The number of likely N-dealkylation sites (N-methyl/N-ethyl adjacent to an activating group) is 1. The molecule has 0 saturated heterocycles. The third-order valence-electron chi connectivity index (χ3n) is 3.65. The lowest BCUT2D eigenvalue weighted by atomic mass is 9.96. The van der Waals surface area contributed by atoms with Crippen molar-refractivity contribution in [3.8, 4) is 0 Å². The molecule has 1 saturated carbocycles. The van der Waals surface area contributed by atoms with E-state index >= 15 is 0 Å². The average molecular weight is 254 g/mol. The smallest absolute Gasteiger partial charge is 0.382 e. The molecule has 0 heterocycles. The van der Waals surface area contributed by atoms with Crippen LogP contribution in [0.25, 0.3) is 0 Å². The topological polar surface area (TPSA) is 35.5 Å². The predicted molar refractivity (Wildman–Crippen MR) is 59.8 cm³/mol. The molecule has 17 heavy (non-hydrogen) atoms. The van der Waals surface area contributed by atoms with Crippen LogP contribution in [-0.4, -0.2) is 55.0 Å². The minimum atomic E-state index is -4.53. The summed E-state index contributed by atoms with van der Waals surface area (Å²) in [5.41, 5.74) is -0.0503. The van der Waals surface area contributed by atoms with Crippen molar-refractivity contribution in [2.45, 2.75) is 43.5 Å². The van der Waals surface area contributed by atoms with E-state index < -0.39 is 18.8 Å². The lowest BCUT2D eigenvalue weighted by Gasteiger charge is -2.37. The number of nitrogens with zero attached hydrogens (tertiary/aromatic N) is 1. The van der Waals surface area contributed by atoms with E-state index in [0.717, 1.165) is 25.7 Å². The van der Waals surface area contributed by atoms with Gasteiger partial charge < -0.3 is 15.3 Å². The summed E-state index contributed by atoms with van der Waals surface area (Å²) in [4.78, 5) is 2.08. The van der Waals surface area contributed by atoms with Crippen LogP contribution in [0.3, 0.4) is 0 Å². The highest BCUT2D eigenvalue weighted by Gasteiger charge is 2.39. The zero-order valence-corrected chi connectivity index (χ0v) is 10.3. The second-order valence-electron chi connectivity index (χ2n) is 5.01. The van der Waals surface area contributed by atoms with Crippen LogP contribution in [0.4, 0.5) is 13.2 Å². The van der Waals surface area contributed by atoms with Gasteiger partial charge in [0.25, 0.3) is 0 Å². The standard InChI is InChI=1S/C11H21F3N2O/c1-16(2)10(5-3-4-6-10)8-15-7-9(17)11(12,13)14/h9,15,17H,3-8H2,1-2H3. The fraction of sp³-hybridized carbons (Fsp3) is 1.00. The molecule has 0 radical (unpaired) electrons. The molecule has 0 aromatic rings. The Morgan fingerprint density at radius 3 is 2.24 bits per heavy atom. The molecule has 0 aromatic carbocycles. The highest BCUT2D eigenvalue weighted by atomic mass is 19.4. The van der Waals surface area contributed by atoms with E-state index in [1.165, 1.54) is 0 Å². The van der Waals surface area contributed by atoms with E-state index in [-0.39, 0.29) is 5.54 Å². The summed E-state index contributed by atoms with van der Waals surface area (Å²) in [5.74, 6) is 0. The van der Waals surface area contributed by atoms with E-state index in [0.29, 0.717) is 6.54 Å². The van der Waals surface area contributed by atoms with Gasteiger partial charge in [0.15, 0.2) is 6.10 Å². The number of rotatable bonds is 5. The monoisotopic (exact) mass is 254 g/mol. The summed E-state index contributed by atoms with van der Waals surface area (Å²) >= 11 is 0. The molecular formula is C11H21F3N2O. The molecule has 0 aromatic heterocycles. The second kappa shape index (κ2) is 5.54. The molecule has 6 heteroatoms. The van der Waals surface area contributed by atoms with Crippen LogP contribution in [0.15, 0.2) is 0 Å². The number of alkyl halides is 3. The summed E-state index contributed by atoms with van der Waals surface area (Å²) in [6.07, 6.45) is -2.59. The number of aliphatic hydroxyl groups is 1. The first-order chi connectivity index (χ1) is 7.78. The number of nitrogens with one attached hydrogen (secondary N) is 1. The molecule has 1 aliphatic carbocycles. The zero-order valence-electron chi connectivity index (χ0n) is 10.3. The van der Waals surface area contributed by atoms with Gasteiger partial charge in [-0.3, -0.25) is 0 Å². The highest BCUT2D eigenvalue weighted by molar-refractivity contribution is 4.94. The van der Waals surface area contributed by atoms with Gasteiger partial charge in [0, 0.05) is 18.6 Å². The second-order valence-corrected chi connectivity index (χ2v) is 5.01. The van der Waals surface area contributed by atoms with Crippen LogP contribution in [0.2, 0.25) is 0 Å². The van der Waals surface area contributed by atoms with E-state index in [9.17, 15) is 13.2 Å². The largest absolute Gasteiger partial charge is 0.415 e. The molecule has 0 bridgehead atoms. The lowest BCUT2D eigenvalue weighted by molar-refractivity contribution is -0.202.